The van der Waals surface area contributed by atoms with Crippen LogP contribution in [0.5, 0.6) is 0 Å². The summed E-state index contributed by atoms with van der Waals surface area (Å²) in [5.74, 6) is 0. The van der Waals surface area contributed by atoms with Gasteiger partial charge in [0.1, 0.15) is 0 Å². The monoisotopic (exact) mass is 296 g/mol. The quantitative estimate of drug-likeness (QED) is 0.756. The summed E-state index contributed by atoms with van der Waals surface area (Å²) in [6.45, 7) is 1.97. The second kappa shape index (κ2) is 4.04. The molecule has 3 heteroatoms. The van der Waals surface area contributed by atoms with Gasteiger partial charge in [-0.1, -0.05) is 12.1 Å². The second-order valence-electron chi connectivity index (χ2n) is 3.00. The Bertz CT molecular complexity index is 437. The van der Waals surface area contributed by atoms with Gasteiger partial charge in [-0.25, -0.2) is 0 Å². The van der Waals surface area contributed by atoms with Gasteiger partial charge in [-0.3, -0.25) is 9.97 Å². The number of aromatic nitrogens is 2. The maximum atomic E-state index is 4.31. The number of hydrogen-bond donors (Lipinski definition) is 0. The zero-order valence-corrected chi connectivity index (χ0v) is 9.89. The molecule has 2 nitrogen and oxygen atoms in total. The van der Waals surface area contributed by atoms with Gasteiger partial charge in [0, 0.05) is 21.5 Å². The molecule has 0 radical (unpaired) electrons. The average Bonchev–Trinajstić information content (AvgIpc) is 2.20. The summed E-state index contributed by atoms with van der Waals surface area (Å²) in [5, 5.41) is 0. The van der Waals surface area contributed by atoms with E-state index in [4.69, 9.17) is 0 Å². The minimum Gasteiger partial charge on any atom is -0.258 e. The molecule has 1 aromatic heterocycles. The molecule has 0 N–H and O–H groups in total. The number of halogens is 1. The predicted octanol–water partition coefficient (Wildman–Crippen LogP) is 3.06. The van der Waals surface area contributed by atoms with E-state index in [1.807, 2.05) is 6.92 Å². The lowest BCUT2D eigenvalue weighted by Gasteiger charge is -2.02. The Morgan fingerprint density at radius 3 is 2.29 bits per heavy atom. The Morgan fingerprint density at radius 1 is 1.00 bits per heavy atom. The van der Waals surface area contributed by atoms with Crippen LogP contribution in [0.3, 0.4) is 0 Å². The zero-order chi connectivity index (χ0) is 9.97. The standard InChI is InChI=1S/C11H9IN2/c1-8-11(14-7-6-13-8)9-2-4-10(12)5-3-9/h2-7H,1H3. The molecule has 14 heavy (non-hydrogen) atoms. The fraction of sp³-hybridized carbons (Fsp3) is 0.0909. The molecule has 1 aromatic carbocycles. The first kappa shape index (κ1) is 9.58. The third-order valence-corrected chi connectivity index (χ3v) is 2.72. The third kappa shape index (κ3) is 1.92. The molecule has 0 fully saturated rings. The predicted molar refractivity (Wildman–Crippen MR) is 64.9 cm³/mol. The zero-order valence-electron chi connectivity index (χ0n) is 7.74. The number of hydrogen-bond acceptors (Lipinski definition) is 2. The molecule has 2 rings (SSSR count). The fourth-order valence-corrected chi connectivity index (χ4v) is 1.66. The van der Waals surface area contributed by atoms with E-state index < -0.39 is 0 Å². The van der Waals surface area contributed by atoms with Crippen LogP contribution >= 0.6 is 22.6 Å². The third-order valence-electron chi connectivity index (χ3n) is 2.00. The van der Waals surface area contributed by atoms with Crippen molar-refractivity contribution in [2.45, 2.75) is 6.92 Å². The largest absolute Gasteiger partial charge is 0.258 e. The molecule has 0 aliphatic heterocycles. The van der Waals surface area contributed by atoms with Crippen LogP contribution in [0.1, 0.15) is 5.69 Å². The van der Waals surface area contributed by atoms with Crippen molar-refractivity contribution in [2.75, 3.05) is 0 Å². The average molecular weight is 296 g/mol. The molecular formula is C11H9IN2. The van der Waals surface area contributed by atoms with Crippen LogP contribution < -0.4 is 0 Å². The van der Waals surface area contributed by atoms with E-state index in [0.717, 1.165) is 17.0 Å². The van der Waals surface area contributed by atoms with Crippen molar-refractivity contribution < 1.29 is 0 Å². The summed E-state index contributed by atoms with van der Waals surface area (Å²) in [6.07, 6.45) is 3.44. The van der Waals surface area contributed by atoms with E-state index in [-0.39, 0.29) is 0 Å². The Kier molecular flexibility index (Phi) is 2.77. The van der Waals surface area contributed by atoms with Crippen LogP contribution in [0.15, 0.2) is 36.7 Å². The topological polar surface area (TPSA) is 25.8 Å². The van der Waals surface area contributed by atoms with Gasteiger partial charge in [-0.15, -0.1) is 0 Å². The summed E-state index contributed by atoms with van der Waals surface area (Å²) in [7, 11) is 0. The molecule has 0 saturated carbocycles. The van der Waals surface area contributed by atoms with Gasteiger partial charge in [0.05, 0.1) is 11.4 Å². The first-order chi connectivity index (χ1) is 6.77. The number of benzene rings is 1. The van der Waals surface area contributed by atoms with Crippen molar-refractivity contribution in [2.24, 2.45) is 0 Å². The number of aryl methyl sites for hydroxylation is 1. The van der Waals surface area contributed by atoms with E-state index in [9.17, 15) is 0 Å². The minimum absolute atomic E-state index is 0.962. The molecule has 70 valence electrons. The Labute approximate surface area is 96.6 Å². The molecule has 0 aliphatic rings. The van der Waals surface area contributed by atoms with E-state index in [1.54, 1.807) is 12.4 Å². The summed E-state index contributed by atoms with van der Waals surface area (Å²) in [5.41, 5.74) is 3.05. The first-order valence-corrected chi connectivity index (χ1v) is 5.39. The number of nitrogens with zero attached hydrogens (tertiary/aromatic N) is 2. The molecule has 0 aliphatic carbocycles. The first-order valence-electron chi connectivity index (χ1n) is 4.31. The Hall–Kier alpha value is -0.970. The van der Waals surface area contributed by atoms with E-state index in [2.05, 4.69) is 56.8 Å². The highest BCUT2D eigenvalue weighted by Gasteiger charge is 2.02. The fourth-order valence-electron chi connectivity index (χ4n) is 1.30. The Balaban J connectivity index is 2.50. The van der Waals surface area contributed by atoms with Crippen LogP contribution in [-0.2, 0) is 0 Å². The highest BCUT2D eigenvalue weighted by atomic mass is 127. The lowest BCUT2D eigenvalue weighted by Crippen LogP contribution is -1.90. The van der Waals surface area contributed by atoms with Crippen molar-refractivity contribution in [3.63, 3.8) is 0 Å². The van der Waals surface area contributed by atoms with Crippen LogP contribution in [0.2, 0.25) is 0 Å². The number of rotatable bonds is 1. The lowest BCUT2D eigenvalue weighted by atomic mass is 10.1. The van der Waals surface area contributed by atoms with Crippen LogP contribution in [0.25, 0.3) is 11.3 Å². The van der Waals surface area contributed by atoms with E-state index in [1.165, 1.54) is 3.57 Å². The highest BCUT2D eigenvalue weighted by molar-refractivity contribution is 14.1. The molecule has 0 atom stereocenters. The summed E-state index contributed by atoms with van der Waals surface area (Å²) >= 11 is 2.29. The highest BCUT2D eigenvalue weighted by Crippen LogP contribution is 2.19. The van der Waals surface area contributed by atoms with E-state index in [0.29, 0.717) is 0 Å². The normalized spacial score (nSPS) is 10.1. The van der Waals surface area contributed by atoms with Crippen LogP contribution in [-0.4, -0.2) is 9.97 Å². The van der Waals surface area contributed by atoms with E-state index >= 15 is 0 Å². The molecule has 1 heterocycles. The lowest BCUT2D eigenvalue weighted by molar-refractivity contribution is 1.12. The van der Waals surface area contributed by atoms with Gasteiger partial charge in [0.25, 0.3) is 0 Å². The summed E-state index contributed by atoms with van der Waals surface area (Å²) < 4.78 is 1.23. The van der Waals surface area contributed by atoms with Gasteiger partial charge in [-0.2, -0.15) is 0 Å². The van der Waals surface area contributed by atoms with Gasteiger partial charge in [0.15, 0.2) is 0 Å². The van der Waals surface area contributed by atoms with Gasteiger partial charge < -0.3 is 0 Å². The van der Waals surface area contributed by atoms with Gasteiger partial charge in [0.2, 0.25) is 0 Å². The molecule has 0 unspecified atom stereocenters. The van der Waals surface area contributed by atoms with Gasteiger partial charge in [-0.05, 0) is 41.6 Å². The van der Waals surface area contributed by atoms with Crippen molar-refractivity contribution in [3.8, 4) is 11.3 Å². The maximum absolute atomic E-state index is 4.31. The molecular weight excluding hydrogens is 287 g/mol. The van der Waals surface area contributed by atoms with Crippen molar-refractivity contribution >= 4 is 22.6 Å². The van der Waals surface area contributed by atoms with Crippen LogP contribution in [0.4, 0.5) is 0 Å². The summed E-state index contributed by atoms with van der Waals surface area (Å²) in [6, 6.07) is 8.28. The molecule has 0 amide bonds. The minimum atomic E-state index is 0.962. The van der Waals surface area contributed by atoms with Crippen molar-refractivity contribution in [1.29, 1.82) is 0 Å². The SMILES string of the molecule is Cc1nccnc1-c1ccc(I)cc1. The second-order valence-corrected chi connectivity index (χ2v) is 4.24. The Morgan fingerprint density at radius 2 is 1.64 bits per heavy atom. The maximum Gasteiger partial charge on any atom is 0.0914 e. The molecule has 0 saturated heterocycles. The molecule has 2 aromatic rings. The van der Waals surface area contributed by atoms with Crippen LogP contribution in [0, 0.1) is 10.5 Å². The van der Waals surface area contributed by atoms with Gasteiger partial charge >= 0.3 is 0 Å². The molecule has 0 spiro atoms. The van der Waals surface area contributed by atoms with Crippen molar-refractivity contribution in [3.05, 3.63) is 45.9 Å². The smallest absolute Gasteiger partial charge is 0.0914 e. The van der Waals surface area contributed by atoms with Crippen molar-refractivity contribution in [1.82, 2.24) is 9.97 Å². The summed E-state index contributed by atoms with van der Waals surface area (Å²) in [4.78, 5) is 8.53. The molecule has 0 bridgehead atoms.